The van der Waals surface area contributed by atoms with Crippen LogP contribution in [0.15, 0.2) is 66.7 Å². The zero-order valence-corrected chi connectivity index (χ0v) is 19.3. The Morgan fingerprint density at radius 1 is 0.941 bits per heavy atom. The van der Waals surface area contributed by atoms with Gasteiger partial charge in [0, 0.05) is 24.3 Å². The second kappa shape index (κ2) is 10.1. The van der Waals surface area contributed by atoms with E-state index in [1.165, 1.54) is 25.9 Å². The van der Waals surface area contributed by atoms with Gasteiger partial charge in [0.05, 0.1) is 11.3 Å². The molecule has 2 aliphatic rings. The molecule has 34 heavy (non-hydrogen) atoms. The van der Waals surface area contributed by atoms with Crippen molar-refractivity contribution in [3.63, 3.8) is 0 Å². The van der Waals surface area contributed by atoms with Crippen LogP contribution in [0.3, 0.4) is 0 Å². The predicted molar refractivity (Wildman–Crippen MR) is 136 cm³/mol. The van der Waals surface area contributed by atoms with Crippen LogP contribution in [-0.2, 0) is 6.54 Å². The Kier molecular flexibility index (Phi) is 6.58. The first-order chi connectivity index (χ1) is 16.7. The molecule has 1 fully saturated rings. The van der Waals surface area contributed by atoms with Crippen LogP contribution in [-0.4, -0.2) is 42.9 Å². The minimum atomic E-state index is -0.227. The van der Waals surface area contributed by atoms with Crippen molar-refractivity contribution in [3.8, 4) is 11.1 Å². The van der Waals surface area contributed by atoms with Gasteiger partial charge in [-0.1, -0.05) is 36.4 Å². The molecule has 5 rings (SSSR count). The number of rotatable bonds is 8. The third-order valence-corrected chi connectivity index (χ3v) is 6.62. The van der Waals surface area contributed by atoms with Crippen LogP contribution in [0.4, 0.5) is 11.4 Å². The van der Waals surface area contributed by atoms with Crippen molar-refractivity contribution in [2.24, 2.45) is 0 Å². The molecule has 6 heteroatoms. The van der Waals surface area contributed by atoms with Gasteiger partial charge in [-0.15, -0.1) is 0 Å². The molecule has 0 atom stereocenters. The highest BCUT2D eigenvalue weighted by Crippen LogP contribution is 2.34. The van der Waals surface area contributed by atoms with Crippen LogP contribution in [0.5, 0.6) is 0 Å². The maximum Gasteiger partial charge on any atom is 0.255 e. The Balaban J connectivity index is 1.23. The summed E-state index contributed by atoms with van der Waals surface area (Å²) in [5, 5.41) is 9.28. The van der Waals surface area contributed by atoms with Crippen LogP contribution >= 0.6 is 0 Å². The summed E-state index contributed by atoms with van der Waals surface area (Å²) < 4.78 is 0. The number of nitrogens with zero attached hydrogens (tertiary/aromatic N) is 1. The van der Waals surface area contributed by atoms with E-state index >= 15 is 0 Å². The van der Waals surface area contributed by atoms with E-state index in [0.29, 0.717) is 23.4 Å². The summed E-state index contributed by atoms with van der Waals surface area (Å²) >= 11 is 0. The van der Waals surface area contributed by atoms with Crippen molar-refractivity contribution in [1.82, 2.24) is 10.2 Å². The molecule has 0 aromatic heterocycles. The van der Waals surface area contributed by atoms with Gasteiger partial charge in [-0.25, -0.2) is 0 Å². The molecule has 2 amide bonds. The Hall–Kier alpha value is -3.64. The quantitative estimate of drug-likeness (QED) is 0.430. The van der Waals surface area contributed by atoms with E-state index < -0.39 is 0 Å². The monoisotopic (exact) mass is 454 g/mol. The number of hydrogen-bond acceptors (Lipinski definition) is 4. The Morgan fingerprint density at radius 3 is 2.47 bits per heavy atom. The third kappa shape index (κ3) is 4.82. The summed E-state index contributed by atoms with van der Waals surface area (Å²) in [6.45, 7) is 4.96. The van der Waals surface area contributed by atoms with Gasteiger partial charge in [0.25, 0.3) is 11.8 Å². The SMILES string of the molecule is O=C(Nc1ccc(-c2ccccc2)c2c1C(=O)NC2)c1ccc(NCCCN2CCCC2)cc1. The van der Waals surface area contributed by atoms with E-state index in [-0.39, 0.29) is 11.8 Å². The molecule has 2 heterocycles. The first-order valence-electron chi connectivity index (χ1n) is 12.1. The molecule has 1 saturated heterocycles. The van der Waals surface area contributed by atoms with Crippen LogP contribution in [0.25, 0.3) is 11.1 Å². The smallest absolute Gasteiger partial charge is 0.255 e. The molecule has 6 nitrogen and oxygen atoms in total. The van der Waals surface area contributed by atoms with Crippen molar-refractivity contribution in [1.29, 1.82) is 0 Å². The zero-order chi connectivity index (χ0) is 23.3. The average Bonchev–Trinajstić information content (AvgIpc) is 3.53. The lowest BCUT2D eigenvalue weighted by Gasteiger charge is -2.15. The fourth-order valence-electron chi connectivity index (χ4n) is 4.82. The lowest BCUT2D eigenvalue weighted by Crippen LogP contribution is -2.22. The Morgan fingerprint density at radius 2 is 1.71 bits per heavy atom. The van der Waals surface area contributed by atoms with Crippen molar-refractivity contribution >= 4 is 23.2 Å². The van der Waals surface area contributed by atoms with E-state index in [1.807, 2.05) is 66.7 Å². The van der Waals surface area contributed by atoms with Gasteiger partial charge in [0.15, 0.2) is 0 Å². The zero-order valence-electron chi connectivity index (χ0n) is 19.3. The molecule has 3 aromatic rings. The second-order valence-corrected chi connectivity index (χ2v) is 8.92. The number of benzene rings is 3. The molecular formula is C28H30N4O2. The van der Waals surface area contributed by atoms with Gasteiger partial charge < -0.3 is 20.9 Å². The summed E-state index contributed by atoms with van der Waals surface area (Å²) in [7, 11) is 0. The molecule has 0 saturated carbocycles. The number of anilines is 2. The third-order valence-electron chi connectivity index (χ3n) is 6.62. The first kappa shape index (κ1) is 22.2. The molecule has 3 aromatic carbocycles. The highest BCUT2D eigenvalue weighted by molar-refractivity contribution is 6.11. The summed E-state index contributed by atoms with van der Waals surface area (Å²) in [6.07, 6.45) is 3.75. The highest BCUT2D eigenvalue weighted by atomic mass is 16.2. The van der Waals surface area contributed by atoms with E-state index in [1.54, 1.807) is 0 Å². The van der Waals surface area contributed by atoms with Gasteiger partial charge in [-0.3, -0.25) is 9.59 Å². The molecule has 174 valence electrons. The van der Waals surface area contributed by atoms with Gasteiger partial charge >= 0.3 is 0 Å². The second-order valence-electron chi connectivity index (χ2n) is 8.92. The fourth-order valence-corrected chi connectivity index (χ4v) is 4.82. The summed E-state index contributed by atoms with van der Waals surface area (Å²) in [5.74, 6) is -0.383. The average molecular weight is 455 g/mol. The van der Waals surface area contributed by atoms with Crippen molar-refractivity contribution in [2.45, 2.75) is 25.8 Å². The summed E-state index contributed by atoms with van der Waals surface area (Å²) in [5.41, 5.74) is 5.63. The molecule has 3 N–H and O–H groups in total. The van der Waals surface area contributed by atoms with Gasteiger partial charge in [0.2, 0.25) is 0 Å². The van der Waals surface area contributed by atoms with Crippen LogP contribution in [0.1, 0.15) is 45.5 Å². The van der Waals surface area contributed by atoms with E-state index in [9.17, 15) is 9.59 Å². The lowest BCUT2D eigenvalue weighted by atomic mass is 9.95. The van der Waals surface area contributed by atoms with Crippen LogP contribution in [0, 0.1) is 0 Å². The first-order valence-corrected chi connectivity index (χ1v) is 12.1. The van der Waals surface area contributed by atoms with Crippen molar-refractivity contribution in [2.75, 3.05) is 36.8 Å². The van der Waals surface area contributed by atoms with Crippen molar-refractivity contribution in [3.05, 3.63) is 83.4 Å². The fraction of sp³-hybridized carbons (Fsp3) is 0.286. The number of carbonyl (C=O) groups excluding carboxylic acids is 2. The van der Waals surface area contributed by atoms with Gasteiger partial charge in [-0.05, 0) is 85.9 Å². The summed E-state index contributed by atoms with van der Waals surface area (Å²) in [6, 6.07) is 21.3. The highest BCUT2D eigenvalue weighted by Gasteiger charge is 2.26. The molecule has 0 radical (unpaired) electrons. The van der Waals surface area contributed by atoms with Crippen LogP contribution < -0.4 is 16.0 Å². The van der Waals surface area contributed by atoms with Crippen molar-refractivity contribution < 1.29 is 9.59 Å². The molecule has 0 unspecified atom stereocenters. The lowest BCUT2D eigenvalue weighted by molar-refractivity contribution is 0.0966. The molecule has 0 bridgehead atoms. The Labute approximate surface area is 200 Å². The molecule has 0 spiro atoms. The summed E-state index contributed by atoms with van der Waals surface area (Å²) in [4.78, 5) is 28.0. The molecule has 2 aliphatic heterocycles. The maximum atomic E-state index is 12.9. The standard InChI is InChI=1S/C28H30N4O2/c33-27(21-9-11-22(12-10-21)29-15-6-18-32-16-4-5-17-32)31-25-14-13-23(20-7-2-1-3-8-20)24-19-30-28(34)26(24)25/h1-3,7-14,29H,4-6,15-19H2,(H,30,34)(H,31,33). The number of likely N-dealkylation sites (tertiary alicyclic amines) is 1. The largest absolute Gasteiger partial charge is 0.385 e. The maximum absolute atomic E-state index is 12.9. The Bertz CT molecular complexity index is 1170. The van der Waals surface area contributed by atoms with E-state index in [0.717, 1.165) is 41.9 Å². The topological polar surface area (TPSA) is 73.5 Å². The number of fused-ring (bicyclic) bond motifs is 1. The molecule has 0 aliphatic carbocycles. The minimum absolute atomic E-state index is 0.156. The molecular weight excluding hydrogens is 424 g/mol. The minimum Gasteiger partial charge on any atom is -0.385 e. The van der Waals surface area contributed by atoms with E-state index in [4.69, 9.17) is 0 Å². The number of carbonyl (C=O) groups is 2. The normalized spacial score (nSPS) is 15.1. The number of hydrogen-bond donors (Lipinski definition) is 3. The number of amides is 2. The van der Waals surface area contributed by atoms with Gasteiger partial charge in [0.1, 0.15) is 0 Å². The predicted octanol–water partition coefficient (Wildman–Crippen LogP) is 4.75. The number of nitrogens with one attached hydrogen (secondary N) is 3. The van der Waals surface area contributed by atoms with Gasteiger partial charge in [-0.2, -0.15) is 0 Å². The van der Waals surface area contributed by atoms with E-state index in [2.05, 4.69) is 20.9 Å². The van der Waals surface area contributed by atoms with Crippen LogP contribution in [0.2, 0.25) is 0 Å².